The van der Waals surface area contributed by atoms with Gasteiger partial charge in [0.1, 0.15) is 11.3 Å². The number of fused-ring (bicyclic) bond motifs is 2. The molecule has 2 N–H and O–H groups in total. The summed E-state index contributed by atoms with van der Waals surface area (Å²) < 4.78 is 11.8. The van der Waals surface area contributed by atoms with Gasteiger partial charge in [-0.1, -0.05) is 32.0 Å². The third-order valence-electron chi connectivity index (χ3n) is 5.84. The van der Waals surface area contributed by atoms with Gasteiger partial charge in [-0.2, -0.15) is 0 Å². The molecule has 1 aliphatic carbocycles. The molecule has 0 bridgehead atoms. The SMILES string of the molecule is CCNC(=NCCc1cc2ccccc2o1)NC1C2CCOC2C1(C)C. The van der Waals surface area contributed by atoms with Crippen LogP contribution in [0.3, 0.4) is 0 Å². The van der Waals surface area contributed by atoms with Gasteiger partial charge >= 0.3 is 0 Å². The maximum atomic E-state index is 5.89. The van der Waals surface area contributed by atoms with E-state index in [4.69, 9.17) is 14.1 Å². The average molecular weight is 355 g/mol. The molecule has 3 unspecified atom stereocenters. The topological polar surface area (TPSA) is 58.8 Å². The fourth-order valence-corrected chi connectivity index (χ4v) is 4.52. The standard InChI is InChI=1S/C21H29N3O2/c1-4-22-20(24-18-16-10-12-25-19(16)21(18,2)3)23-11-9-15-13-14-7-5-6-8-17(14)26-15/h5-8,13,16,18-19H,4,9-12H2,1-3H3,(H2,22,23,24). The molecular formula is C21H29N3O2. The van der Waals surface area contributed by atoms with Crippen LogP contribution < -0.4 is 10.6 Å². The molecule has 0 radical (unpaired) electrons. The molecule has 5 nitrogen and oxygen atoms in total. The molecule has 1 saturated heterocycles. The largest absolute Gasteiger partial charge is 0.461 e. The molecule has 0 amide bonds. The third-order valence-corrected chi connectivity index (χ3v) is 5.84. The fraction of sp³-hybridized carbons (Fsp3) is 0.571. The van der Waals surface area contributed by atoms with E-state index in [2.05, 4.69) is 43.5 Å². The summed E-state index contributed by atoms with van der Waals surface area (Å²) in [6, 6.07) is 10.6. The number of nitrogens with one attached hydrogen (secondary N) is 2. The van der Waals surface area contributed by atoms with Gasteiger partial charge in [0.25, 0.3) is 0 Å². The van der Waals surface area contributed by atoms with Crippen molar-refractivity contribution in [3.8, 4) is 0 Å². The Morgan fingerprint density at radius 3 is 2.96 bits per heavy atom. The van der Waals surface area contributed by atoms with E-state index in [-0.39, 0.29) is 5.41 Å². The van der Waals surface area contributed by atoms with Gasteiger partial charge in [0.05, 0.1) is 6.10 Å². The Labute approximate surface area is 155 Å². The van der Waals surface area contributed by atoms with Gasteiger partial charge in [-0.15, -0.1) is 0 Å². The second kappa shape index (κ2) is 6.95. The minimum absolute atomic E-state index is 0.149. The van der Waals surface area contributed by atoms with Crippen molar-refractivity contribution in [2.75, 3.05) is 19.7 Å². The zero-order chi connectivity index (χ0) is 18.1. The third kappa shape index (κ3) is 3.09. The number of hydrogen-bond donors (Lipinski definition) is 2. The quantitative estimate of drug-likeness (QED) is 0.638. The van der Waals surface area contributed by atoms with Crippen LogP contribution in [0, 0.1) is 11.3 Å². The maximum absolute atomic E-state index is 5.89. The number of rotatable bonds is 5. The van der Waals surface area contributed by atoms with E-state index < -0.39 is 0 Å². The van der Waals surface area contributed by atoms with Crippen LogP contribution in [-0.4, -0.2) is 37.8 Å². The minimum Gasteiger partial charge on any atom is -0.461 e. The zero-order valence-corrected chi connectivity index (χ0v) is 15.9. The van der Waals surface area contributed by atoms with Crippen LogP contribution in [-0.2, 0) is 11.2 Å². The number of para-hydroxylation sites is 1. The molecule has 4 rings (SSSR count). The molecule has 5 heteroatoms. The molecule has 2 aromatic rings. The molecule has 3 atom stereocenters. The highest BCUT2D eigenvalue weighted by Gasteiger charge is 2.59. The maximum Gasteiger partial charge on any atom is 0.191 e. The molecule has 2 aliphatic rings. The van der Waals surface area contributed by atoms with Crippen molar-refractivity contribution in [3.63, 3.8) is 0 Å². The van der Waals surface area contributed by atoms with Crippen molar-refractivity contribution >= 4 is 16.9 Å². The van der Waals surface area contributed by atoms with Gasteiger partial charge in [0.2, 0.25) is 0 Å². The highest BCUT2D eigenvalue weighted by molar-refractivity contribution is 5.80. The van der Waals surface area contributed by atoms with Crippen molar-refractivity contribution in [1.29, 1.82) is 0 Å². The Morgan fingerprint density at radius 2 is 2.15 bits per heavy atom. The lowest BCUT2D eigenvalue weighted by atomic mass is 9.57. The highest BCUT2D eigenvalue weighted by atomic mass is 16.5. The van der Waals surface area contributed by atoms with E-state index in [9.17, 15) is 0 Å². The van der Waals surface area contributed by atoms with Crippen molar-refractivity contribution < 1.29 is 9.15 Å². The van der Waals surface area contributed by atoms with Crippen LogP contribution in [0.5, 0.6) is 0 Å². The molecule has 1 aromatic carbocycles. The van der Waals surface area contributed by atoms with Gasteiger partial charge in [-0.25, -0.2) is 0 Å². The van der Waals surface area contributed by atoms with Crippen LogP contribution in [0.25, 0.3) is 11.0 Å². The first-order valence-electron chi connectivity index (χ1n) is 9.73. The molecule has 26 heavy (non-hydrogen) atoms. The van der Waals surface area contributed by atoms with E-state index in [0.717, 1.165) is 48.7 Å². The lowest BCUT2D eigenvalue weighted by molar-refractivity contribution is -0.106. The van der Waals surface area contributed by atoms with Crippen molar-refractivity contribution in [2.45, 2.75) is 45.8 Å². The summed E-state index contributed by atoms with van der Waals surface area (Å²) in [6.07, 6.45) is 2.33. The van der Waals surface area contributed by atoms with E-state index in [1.807, 2.05) is 18.2 Å². The molecular weight excluding hydrogens is 326 g/mol. The van der Waals surface area contributed by atoms with Crippen molar-refractivity contribution in [2.24, 2.45) is 16.3 Å². The zero-order valence-electron chi connectivity index (χ0n) is 15.9. The van der Waals surface area contributed by atoms with Gasteiger partial charge in [0, 0.05) is 48.9 Å². The van der Waals surface area contributed by atoms with Crippen molar-refractivity contribution in [3.05, 3.63) is 36.1 Å². The van der Waals surface area contributed by atoms with E-state index in [1.165, 1.54) is 0 Å². The van der Waals surface area contributed by atoms with E-state index in [0.29, 0.717) is 24.6 Å². The Bertz CT molecular complexity index is 762. The van der Waals surface area contributed by atoms with Crippen LogP contribution in [0.1, 0.15) is 33.0 Å². The summed E-state index contributed by atoms with van der Waals surface area (Å²) in [5.41, 5.74) is 1.09. The average Bonchev–Trinajstić information content (AvgIpc) is 3.24. The summed E-state index contributed by atoms with van der Waals surface area (Å²) in [6.45, 7) is 9.12. The van der Waals surface area contributed by atoms with E-state index >= 15 is 0 Å². The lowest BCUT2D eigenvalue weighted by Crippen LogP contribution is -2.68. The smallest absolute Gasteiger partial charge is 0.191 e. The highest BCUT2D eigenvalue weighted by Crippen LogP contribution is 2.52. The summed E-state index contributed by atoms with van der Waals surface area (Å²) in [5.74, 6) is 2.48. The van der Waals surface area contributed by atoms with Crippen molar-refractivity contribution in [1.82, 2.24) is 10.6 Å². The number of nitrogens with zero attached hydrogens (tertiary/aromatic N) is 1. The predicted octanol–water partition coefficient (Wildman–Crippen LogP) is 3.34. The Hall–Kier alpha value is -2.01. The Morgan fingerprint density at radius 1 is 1.31 bits per heavy atom. The van der Waals surface area contributed by atoms with Crippen LogP contribution in [0.15, 0.2) is 39.7 Å². The predicted molar refractivity (Wildman–Crippen MR) is 104 cm³/mol. The minimum atomic E-state index is 0.149. The summed E-state index contributed by atoms with van der Waals surface area (Å²) in [5, 5.41) is 8.19. The van der Waals surface area contributed by atoms with Gasteiger partial charge in [0.15, 0.2) is 5.96 Å². The molecule has 1 saturated carbocycles. The Kier molecular flexibility index (Phi) is 4.65. The number of ether oxygens (including phenoxy) is 1. The van der Waals surface area contributed by atoms with Crippen LogP contribution in [0.2, 0.25) is 0 Å². The molecule has 0 spiro atoms. The first-order valence-corrected chi connectivity index (χ1v) is 9.73. The fourth-order valence-electron chi connectivity index (χ4n) is 4.52. The monoisotopic (exact) mass is 355 g/mol. The normalized spacial score (nSPS) is 27.2. The second-order valence-corrected chi connectivity index (χ2v) is 7.95. The van der Waals surface area contributed by atoms with Gasteiger partial charge in [-0.3, -0.25) is 4.99 Å². The van der Waals surface area contributed by atoms with E-state index in [1.54, 1.807) is 0 Å². The number of furan rings is 1. The number of benzene rings is 1. The van der Waals surface area contributed by atoms with Crippen LogP contribution >= 0.6 is 0 Å². The second-order valence-electron chi connectivity index (χ2n) is 7.95. The first-order chi connectivity index (χ1) is 12.6. The molecule has 2 fully saturated rings. The number of aliphatic imine (C=N–C) groups is 1. The summed E-state index contributed by atoms with van der Waals surface area (Å²) in [7, 11) is 0. The van der Waals surface area contributed by atoms with Gasteiger partial charge in [-0.05, 0) is 25.5 Å². The number of hydrogen-bond acceptors (Lipinski definition) is 3. The molecule has 2 heterocycles. The summed E-state index contributed by atoms with van der Waals surface area (Å²) in [4.78, 5) is 4.77. The Balaban J connectivity index is 1.39. The molecule has 140 valence electrons. The molecule has 1 aromatic heterocycles. The van der Waals surface area contributed by atoms with Crippen LogP contribution in [0.4, 0.5) is 0 Å². The molecule has 1 aliphatic heterocycles. The first kappa shape index (κ1) is 17.4. The number of guanidine groups is 1. The summed E-state index contributed by atoms with van der Waals surface area (Å²) >= 11 is 0. The lowest BCUT2D eigenvalue weighted by Gasteiger charge is -2.54. The van der Waals surface area contributed by atoms with Gasteiger partial charge < -0.3 is 19.8 Å².